The molecule has 0 unspecified atom stereocenters. The maximum atomic E-state index is 12.1. The van der Waals surface area contributed by atoms with E-state index in [1.165, 1.54) is 23.9 Å². The van der Waals surface area contributed by atoms with Crippen molar-refractivity contribution in [3.05, 3.63) is 70.9 Å². The number of pyridine rings is 1. The van der Waals surface area contributed by atoms with E-state index in [1.807, 2.05) is 30.3 Å². The first-order chi connectivity index (χ1) is 11.6. The summed E-state index contributed by atoms with van der Waals surface area (Å²) in [7, 11) is 0. The number of aromatic nitrogens is 1. The lowest BCUT2D eigenvalue weighted by Crippen LogP contribution is -2.14. The molecule has 0 aliphatic heterocycles. The molecule has 0 aliphatic rings. The van der Waals surface area contributed by atoms with E-state index in [-0.39, 0.29) is 17.3 Å². The van der Waals surface area contributed by atoms with Gasteiger partial charge in [0.25, 0.3) is 5.69 Å². The van der Waals surface area contributed by atoms with E-state index in [0.717, 1.165) is 21.5 Å². The second-order valence-electron chi connectivity index (χ2n) is 4.96. The Morgan fingerprint density at radius 1 is 1.12 bits per heavy atom. The van der Waals surface area contributed by atoms with Crippen molar-refractivity contribution in [3.8, 4) is 0 Å². The first-order valence-electron chi connectivity index (χ1n) is 7.14. The number of amides is 1. The summed E-state index contributed by atoms with van der Waals surface area (Å²) in [6.07, 6.45) is 1.71. The minimum absolute atomic E-state index is 0.0343. The van der Waals surface area contributed by atoms with Crippen molar-refractivity contribution in [3.63, 3.8) is 0 Å². The van der Waals surface area contributed by atoms with Crippen molar-refractivity contribution in [2.75, 3.05) is 11.1 Å². The smallest absolute Gasteiger partial charge is 0.269 e. The zero-order valence-electron chi connectivity index (χ0n) is 12.5. The summed E-state index contributed by atoms with van der Waals surface area (Å²) in [4.78, 5) is 27.4. The van der Waals surface area contributed by atoms with E-state index in [9.17, 15) is 14.9 Å². The molecule has 120 valence electrons. The Labute approximate surface area is 142 Å². The van der Waals surface area contributed by atoms with Gasteiger partial charge in [-0.1, -0.05) is 6.07 Å². The lowest BCUT2D eigenvalue weighted by Gasteiger charge is -2.08. The fourth-order valence-electron chi connectivity index (χ4n) is 2.21. The van der Waals surface area contributed by atoms with Crippen molar-refractivity contribution < 1.29 is 9.72 Å². The Balaban J connectivity index is 1.64. The van der Waals surface area contributed by atoms with E-state index in [2.05, 4.69) is 10.3 Å². The molecule has 6 nitrogen and oxygen atoms in total. The molecule has 0 spiro atoms. The van der Waals surface area contributed by atoms with E-state index < -0.39 is 4.92 Å². The lowest BCUT2D eigenvalue weighted by atomic mass is 10.2. The van der Waals surface area contributed by atoms with Crippen molar-refractivity contribution in [2.24, 2.45) is 0 Å². The number of hydrogen-bond acceptors (Lipinski definition) is 5. The van der Waals surface area contributed by atoms with Crippen molar-refractivity contribution in [1.82, 2.24) is 4.98 Å². The number of nitro groups is 1. The predicted molar refractivity (Wildman–Crippen MR) is 94.2 cm³/mol. The average molecular weight is 339 g/mol. The van der Waals surface area contributed by atoms with Crippen LogP contribution in [0.2, 0.25) is 0 Å². The molecule has 1 N–H and O–H groups in total. The molecule has 7 heteroatoms. The van der Waals surface area contributed by atoms with Gasteiger partial charge in [-0.3, -0.25) is 19.9 Å². The molecular formula is C17H13N3O3S. The van der Waals surface area contributed by atoms with Crippen molar-refractivity contribution in [1.29, 1.82) is 0 Å². The van der Waals surface area contributed by atoms with Crippen LogP contribution in [0.25, 0.3) is 10.9 Å². The Kier molecular flexibility index (Phi) is 4.72. The monoisotopic (exact) mass is 339 g/mol. The fraction of sp³-hybridized carbons (Fsp3) is 0.0588. The summed E-state index contributed by atoms with van der Waals surface area (Å²) < 4.78 is 0. The molecule has 0 radical (unpaired) electrons. The number of nitrogens with zero attached hydrogens (tertiary/aromatic N) is 2. The number of benzene rings is 2. The zero-order chi connectivity index (χ0) is 16.9. The standard InChI is InChI=1S/C17H13N3O3S/c21-17(11-24-13-8-6-12(7-9-13)20(22)23)19-16-5-1-4-15-14(16)3-2-10-18-15/h1-10H,11H2,(H,19,21). The normalized spacial score (nSPS) is 10.5. The Morgan fingerprint density at radius 2 is 1.92 bits per heavy atom. The molecule has 24 heavy (non-hydrogen) atoms. The van der Waals surface area contributed by atoms with Gasteiger partial charge in [0.15, 0.2) is 0 Å². The van der Waals surface area contributed by atoms with Gasteiger partial charge in [0.05, 0.1) is 21.9 Å². The molecule has 0 bridgehead atoms. The molecule has 3 aromatic rings. The highest BCUT2D eigenvalue weighted by atomic mass is 32.2. The molecule has 0 saturated carbocycles. The summed E-state index contributed by atoms with van der Waals surface area (Å²) in [5.41, 5.74) is 1.57. The predicted octanol–water partition coefficient (Wildman–Crippen LogP) is 3.87. The molecule has 0 aliphatic carbocycles. The molecule has 0 fully saturated rings. The van der Waals surface area contributed by atoms with Gasteiger partial charge in [-0.2, -0.15) is 0 Å². The van der Waals surface area contributed by atoms with Gasteiger partial charge in [-0.15, -0.1) is 11.8 Å². The highest BCUT2D eigenvalue weighted by Crippen LogP contribution is 2.24. The van der Waals surface area contributed by atoms with Gasteiger partial charge < -0.3 is 5.32 Å². The zero-order valence-corrected chi connectivity index (χ0v) is 13.3. The van der Waals surface area contributed by atoms with Crippen LogP contribution >= 0.6 is 11.8 Å². The summed E-state index contributed by atoms with van der Waals surface area (Å²) in [5.74, 6) is 0.0729. The Morgan fingerprint density at radius 3 is 2.67 bits per heavy atom. The van der Waals surface area contributed by atoms with Gasteiger partial charge in [0, 0.05) is 28.6 Å². The van der Waals surface area contributed by atoms with Gasteiger partial charge in [-0.25, -0.2) is 0 Å². The molecule has 2 aromatic carbocycles. The number of carbonyl (C=O) groups is 1. The summed E-state index contributed by atoms with van der Waals surface area (Å²) in [6, 6.07) is 15.4. The third-order valence-electron chi connectivity index (χ3n) is 3.34. The first kappa shape index (κ1) is 15.9. The van der Waals surface area contributed by atoms with Crippen LogP contribution in [-0.2, 0) is 4.79 Å². The number of non-ortho nitro benzene ring substituents is 1. The number of rotatable bonds is 5. The van der Waals surface area contributed by atoms with Crippen LogP contribution in [0.5, 0.6) is 0 Å². The van der Waals surface area contributed by atoms with Crippen LogP contribution in [0.1, 0.15) is 0 Å². The number of carbonyl (C=O) groups excluding carboxylic acids is 1. The average Bonchev–Trinajstić information content (AvgIpc) is 2.61. The molecule has 1 heterocycles. The number of nitro benzene ring substituents is 1. The fourth-order valence-corrected chi connectivity index (χ4v) is 2.91. The van der Waals surface area contributed by atoms with E-state index in [0.29, 0.717) is 0 Å². The van der Waals surface area contributed by atoms with Crippen LogP contribution in [0.4, 0.5) is 11.4 Å². The van der Waals surface area contributed by atoms with Crippen LogP contribution in [0.3, 0.4) is 0 Å². The number of thioether (sulfide) groups is 1. The molecule has 0 atom stereocenters. The maximum Gasteiger partial charge on any atom is 0.269 e. The second-order valence-corrected chi connectivity index (χ2v) is 6.01. The lowest BCUT2D eigenvalue weighted by molar-refractivity contribution is -0.384. The van der Waals surface area contributed by atoms with Gasteiger partial charge in [-0.05, 0) is 36.4 Å². The third-order valence-corrected chi connectivity index (χ3v) is 4.35. The number of nitrogens with one attached hydrogen (secondary N) is 1. The molecular weight excluding hydrogens is 326 g/mol. The minimum atomic E-state index is -0.449. The molecule has 3 rings (SSSR count). The summed E-state index contributed by atoms with van der Waals surface area (Å²) in [6.45, 7) is 0. The Hall–Kier alpha value is -2.93. The van der Waals surface area contributed by atoms with Crippen molar-refractivity contribution in [2.45, 2.75) is 4.90 Å². The van der Waals surface area contributed by atoms with Gasteiger partial charge >= 0.3 is 0 Å². The highest BCUT2D eigenvalue weighted by molar-refractivity contribution is 8.00. The van der Waals surface area contributed by atoms with Gasteiger partial charge in [0.1, 0.15) is 0 Å². The largest absolute Gasteiger partial charge is 0.325 e. The summed E-state index contributed by atoms with van der Waals surface area (Å²) >= 11 is 1.32. The second kappa shape index (κ2) is 7.10. The highest BCUT2D eigenvalue weighted by Gasteiger charge is 2.08. The van der Waals surface area contributed by atoms with Crippen LogP contribution in [0.15, 0.2) is 65.7 Å². The number of hydrogen-bond donors (Lipinski definition) is 1. The van der Waals surface area contributed by atoms with Crippen LogP contribution in [0, 0.1) is 10.1 Å². The maximum absolute atomic E-state index is 12.1. The topological polar surface area (TPSA) is 85.1 Å². The molecule has 0 saturated heterocycles. The number of fused-ring (bicyclic) bond motifs is 1. The first-order valence-corrected chi connectivity index (χ1v) is 8.13. The van der Waals surface area contributed by atoms with Crippen molar-refractivity contribution >= 4 is 39.9 Å². The van der Waals surface area contributed by atoms with E-state index in [4.69, 9.17) is 0 Å². The Bertz CT molecular complexity index is 892. The minimum Gasteiger partial charge on any atom is -0.325 e. The molecule has 1 amide bonds. The SMILES string of the molecule is O=C(CSc1ccc([N+](=O)[O-])cc1)Nc1cccc2ncccc12. The third kappa shape index (κ3) is 3.69. The number of anilines is 1. The van der Waals surface area contributed by atoms with E-state index in [1.54, 1.807) is 18.3 Å². The van der Waals surface area contributed by atoms with Crippen LogP contribution in [-0.4, -0.2) is 21.6 Å². The summed E-state index contributed by atoms with van der Waals surface area (Å²) in [5, 5.41) is 14.4. The van der Waals surface area contributed by atoms with E-state index >= 15 is 0 Å². The van der Waals surface area contributed by atoms with Crippen LogP contribution < -0.4 is 5.32 Å². The quantitative estimate of drug-likeness (QED) is 0.433. The molecule has 1 aromatic heterocycles. The van der Waals surface area contributed by atoms with Gasteiger partial charge in [0.2, 0.25) is 5.91 Å².